The molecule has 6 aromatic carbocycles. The fraction of sp³-hybridized carbons (Fsp3) is 0.0851. The molecule has 0 unspecified atom stereocenters. The largest absolute Gasteiger partial charge is 1.00 e. The Morgan fingerprint density at radius 3 is 2.02 bits per heavy atom. The molecular weight excluding hydrogens is 799 g/mol. The van der Waals surface area contributed by atoms with Gasteiger partial charge in [0.2, 0.25) is 11.4 Å². The maximum Gasteiger partial charge on any atom is 1.00 e. The summed E-state index contributed by atoms with van der Waals surface area (Å²) in [6.07, 6.45) is 5.78. The van der Waals surface area contributed by atoms with Crippen LogP contribution in [-0.2, 0) is 33.3 Å². The average Bonchev–Trinajstić information content (AvgIpc) is 3.20. The van der Waals surface area contributed by atoms with Crippen LogP contribution in [0.2, 0.25) is 0 Å². The first kappa shape index (κ1) is 45.9. The van der Waals surface area contributed by atoms with Crippen molar-refractivity contribution < 1.29 is 89.6 Å². The first-order valence-corrected chi connectivity index (χ1v) is 21.0. The average molecular weight is 837 g/mol. The number of benzene rings is 6. The first-order chi connectivity index (χ1) is 27.4. The molecule has 286 valence electrons. The van der Waals surface area contributed by atoms with Crippen LogP contribution >= 0.6 is 0 Å². The fourth-order valence-corrected chi connectivity index (χ4v) is 8.36. The van der Waals surface area contributed by atoms with Crippen molar-refractivity contribution in [2.24, 2.45) is 0 Å². The number of nitrogens with zero attached hydrogens (tertiary/aromatic N) is 2. The summed E-state index contributed by atoms with van der Waals surface area (Å²) in [4.78, 5) is 1.59. The second kappa shape index (κ2) is 19.9. The molecule has 0 fully saturated rings. The summed E-state index contributed by atoms with van der Waals surface area (Å²) in [5, 5.41) is 0. The van der Waals surface area contributed by atoms with Crippen LogP contribution in [0.4, 0.5) is 17.1 Å². The van der Waals surface area contributed by atoms with Gasteiger partial charge in [-0.25, -0.2) is 16.8 Å². The Morgan fingerprint density at radius 1 is 0.695 bits per heavy atom. The van der Waals surface area contributed by atoms with Gasteiger partial charge < -0.3 is 14.0 Å². The first-order valence-electron chi connectivity index (χ1n) is 18.2. The molecule has 59 heavy (non-hydrogen) atoms. The number of allylic oxidation sites excluding steroid dienone is 5. The Kier molecular flexibility index (Phi) is 15.5. The summed E-state index contributed by atoms with van der Waals surface area (Å²) in [6.45, 7) is 4.79. The molecule has 0 N–H and O–H groups in total. The van der Waals surface area contributed by atoms with Crippen LogP contribution < -0.4 is 64.0 Å². The molecule has 0 heterocycles. The zero-order valence-corrected chi connectivity index (χ0v) is 38.9. The third-order valence-electron chi connectivity index (χ3n) is 9.75. The number of aryl methyl sites for hydroxylation is 1. The minimum atomic E-state index is -4.87. The standard InChI is InChI=1S/C47H40N2O6S2.2Na/c1-34-29-38(25-27-44(34)48(40-18-8-4-9-19-40)32-36-15-6-3-7-16-36)47(43-23-12-13-24-46(43)57(53,54)55)39-26-28-45(35(2)30-39)49(41-20-10-5-11-21-41)33-37-17-14-22-42(31-37)56(50,51)52;;/h3-6,8-31H,32-33H2,1-2H3,(H,50,51,52)(H,53,54,55);;/q;2*+1/p-2. The summed E-state index contributed by atoms with van der Waals surface area (Å²) in [6, 6.07) is 48.9. The van der Waals surface area contributed by atoms with E-state index < -0.39 is 20.2 Å². The minimum absolute atomic E-state index is 0. The van der Waals surface area contributed by atoms with Gasteiger partial charge in [0, 0.05) is 52.8 Å². The monoisotopic (exact) mass is 836 g/mol. The summed E-state index contributed by atoms with van der Waals surface area (Å²) < 4.78 is 75.9. The molecule has 0 atom stereocenters. The van der Waals surface area contributed by atoms with E-state index in [2.05, 4.69) is 29.2 Å². The van der Waals surface area contributed by atoms with E-state index in [1.807, 2.05) is 122 Å². The molecule has 0 saturated carbocycles. The zero-order valence-electron chi connectivity index (χ0n) is 33.2. The smallest absolute Gasteiger partial charge is 0.744 e. The molecule has 8 nitrogen and oxygen atoms in total. The van der Waals surface area contributed by atoms with E-state index in [0.29, 0.717) is 23.3 Å². The molecule has 7 rings (SSSR count). The van der Waals surface area contributed by atoms with Gasteiger partial charge in [-0.1, -0.05) is 72.8 Å². The van der Waals surface area contributed by atoms with E-state index in [-0.39, 0.29) is 81.0 Å². The molecule has 1 aliphatic carbocycles. The molecule has 0 spiro atoms. The van der Waals surface area contributed by atoms with Gasteiger partial charge in [0.1, 0.15) is 20.2 Å². The summed E-state index contributed by atoms with van der Waals surface area (Å²) in [7, 11) is -9.53. The van der Waals surface area contributed by atoms with Gasteiger partial charge in [0.15, 0.2) is 6.54 Å². The van der Waals surface area contributed by atoms with Crippen LogP contribution in [0.3, 0.4) is 0 Å². The SMILES string of the molecule is CC1=C/C(=C(\c2ccc(N(Cc3c[c-]ccc3)c3ccccc3)c(C)c2)c2ccccc2S(=O)(=O)[O-])C=CC1=[N+](Cc1cccc(S(=O)(=O)[O-])c1)c1ccccc1.[Na+].[Na+]. The molecule has 12 heteroatoms. The van der Waals surface area contributed by atoms with Crippen molar-refractivity contribution in [2.75, 3.05) is 4.90 Å². The number of rotatable bonds is 11. The molecule has 0 saturated heterocycles. The Hall–Kier alpha value is -4.17. The summed E-state index contributed by atoms with van der Waals surface area (Å²) in [5.41, 5.74) is 9.29. The summed E-state index contributed by atoms with van der Waals surface area (Å²) in [5.74, 6) is 0. The molecule has 0 radical (unpaired) electrons. The Balaban J connectivity index is 0.00000331. The van der Waals surface area contributed by atoms with Crippen molar-refractivity contribution in [1.29, 1.82) is 0 Å². The van der Waals surface area contributed by atoms with Gasteiger partial charge in [-0.15, -0.1) is 5.56 Å². The van der Waals surface area contributed by atoms with Crippen molar-refractivity contribution in [3.63, 3.8) is 0 Å². The quantitative estimate of drug-likeness (QED) is 0.0852. The molecule has 0 aliphatic heterocycles. The van der Waals surface area contributed by atoms with E-state index in [4.69, 9.17) is 0 Å². The fourth-order valence-electron chi connectivity index (χ4n) is 7.14. The number of para-hydroxylation sites is 2. The molecule has 0 aromatic heterocycles. The van der Waals surface area contributed by atoms with Crippen LogP contribution in [0.5, 0.6) is 0 Å². The number of anilines is 2. The Bertz CT molecular complexity index is 2810. The van der Waals surface area contributed by atoms with Crippen LogP contribution in [0.25, 0.3) is 5.57 Å². The van der Waals surface area contributed by atoms with Gasteiger partial charge in [0.05, 0.1) is 9.79 Å². The molecule has 1 aliphatic rings. The van der Waals surface area contributed by atoms with Crippen molar-refractivity contribution in [3.05, 3.63) is 215 Å². The predicted octanol–water partition coefficient (Wildman–Crippen LogP) is 3.25. The molecule has 0 amide bonds. The second-order valence-electron chi connectivity index (χ2n) is 13.7. The Labute approximate surface area is 391 Å². The maximum atomic E-state index is 12.7. The van der Waals surface area contributed by atoms with Crippen molar-refractivity contribution in [2.45, 2.75) is 36.7 Å². The van der Waals surface area contributed by atoms with E-state index in [1.165, 1.54) is 24.3 Å². The van der Waals surface area contributed by atoms with E-state index in [9.17, 15) is 25.9 Å². The van der Waals surface area contributed by atoms with Gasteiger partial charge in [0.25, 0.3) is 0 Å². The minimum Gasteiger partial charge on any atom is -0.744 e. The van der Waals surface area contributed by atoms with Crippen LogP contribution in [0.1, 0.15) is 34.7 Å². The zero-order chi connectivity index (χ0) is 40.2. The van der Waals surface area contributed by atoms with Crippen LogP contribution in [0, 0.1) is 13.0 Å². The predicted molar refractivity (Wildman–Crippen MR) is 222 cm³/mol. The number of hydrogen-bond acceptors (Lipinski definition) is 7. The van der Waals surface area contributed by atoms with Gasteiger partial charge in [-0.3, -0.25) is 0 Å². The van der Waals surface area contributed by atoms with Gasteiger partial charge in [-0.05, 0) is 90.7 Å². The molecule has 0 bridgehead atoms. The third kappa shape index (κ3) is 11.0. The maximum absolute atomic E-state index is 12.7. The third-order valence-corrected chi connectivity index (χ3v) is 11.5. The molecular formula is C47H38N2Na2O6S2. The van der Waals surface area contributed by atoms with E-state index in [0.717, 1.165) is 45.0 Å². The topological polar surface area (TPSA) is 121 Å². The van der Waals surface area contributed by atoms with Crippen molar-refractivity contribution >= 4 is 48.6 Å². The van der Waals surface area contributed by atoms with Crippen LogP contribution in [0.15, 0.2) is 191 Å². The van der Waals surface area contributed by atoms with Crippen molar-refractivity contribution in [3.8, 4) is 0 Å². The summed E-state index contributed by atoms with van der Waals surface area (Å²) >= 11 is 0. The Morgan fingerprint density at radius 2 is 1.37 bits per heavy atom. The van der Waals surface area contributed by atoms with Gasteiger partial charge in [-0.2, -0.15) is 34.9 Å². The normalized spacial score (nSPS) is 14.3. The van der Waals surface area contributed by atoms with E-state index >= 15 is 0 Å². The van der Waals surface area contributed by atoms with E-state index in [1.54, 1.807) is 24.3 Å². The van der Waals surface area contributed by atoms with Gasteiger partial charge >= 0.3 is 59.1 Å². The second-order valence-corrected chi connectivity index (χ2v) is 16.4. The number of hydrogen-bond donors (Lipinski definition) is 0. The van der Waals surface area contributed by atoms with Crippen molar-refractivity contribution in [1.82, 2.24) is 0 Å². The molecule has 6 aromatic rings. The van der Waals surface area contributed by atoms with Crippen LogP contribution in [-0.4, -0.2) is 36.2 Å².